The molecular weight excluding hydrogens is 428 g/mol. The van der Waals surface area contributed by atoms with E-state index in [9.17, 15) is 13.2 Å². The van der Waals surface area contributed by atoms with Crippen LogP contribution in [-0.2, 0) is 32.6 Å². The third-order valence-electron chi connectivity index (χ3n) is 5.07. The largest absolute Gasteiger partial charge is 0.385 e. The van der Waals surface area contributed by atoms with Crippen LogP contribution in [0.25, 0.3) is 10.9 Å². The third-order valence-corrected chi connectivity index (χ3v) is 5.57. The van der Waals surface area contributed by atoms with E-state index in [1.165, 1.54) is 0 Å². The number of aryl methyl sites for hydroxylation is 1. The summed E-state index contributed by atoms with van der Waals surface area (Å²) in [5.41, 5.74) is 3.24. The minimum absolute atomic E-state index is 0.0679. The number of nitrogens with zero attached hydrogens (tertiary/aromatic N) is 1. The first-order valence-corrected chi connectivity index (χ1v) is 12.6. The van der Waals surface area contributed by atoms with E-state index in [-0.39, 0.29) is 6.10 Å². The summed E-state index contributed by atoms with van der Waals surface area (Å²) in [5, 5.41) is 4.37. The van der Waals surface area contributed by atoms with E-state index in [4.69, 9.17) is 8.92 Å². The standard InChI is InChI=1S/C24H30N2O5S/c1-3-30-22(12-16-27)17-19-5-7-21(8-6-19)25-13-4-14-26-15-11-20-18-23(9-10-24(20)26)31-32(2,28)29/h5-11,15-16,18,22,25H,3-4,12-14,17H2,1-2H3. The van der Waals surface area contributed by atoms with E-state index in [0.29, 0.717) is 18.8 Å². The van der Waals surface area contributed by atoms with Gasteiger partial charge in [-0.2, -0.15) is 8.42 Å². The number of carbonyl (C=O) groups excluding carboxylic acids is 1. The first kappa shape index (κ1) is 23.8. The van der Waals surface area contributed by atoms with Crippen molar-refractivity contribution in [2.45, 2.75) is 38.8 Å². The van der Waals surface area contributed by atoms with Crippen molar-refractivity contribution in [2.24, 2.45) is 0 Å². The second-order valence-electron chi connectivity index (χ2n) is 7.68. The molecule has 8 heteroatoms. The predicted octanol–water partition coefficient (Wildman–Crippen LogP) is 4.02. The van der Waals surface area contributed by atoms with Gasteiger partial charge in [0, 0.05) is 48.9 Å². The molecule has 3 rings (SSSR count). The summed E-state index contributed by atoms with van der Waals surface area (Å²) in [6.07, 6.45) is 5.94. The van der Waals surface area contributed by atoms with Crippen LogP contribution >= 0.6 is 0 Å². The Balaban J connectivity index is 1.48. The zero-order valence-electron chi connectivity index (χ0n) is 18.5. The molecule has 0 aliphatic rings. The first-order chi connectivity index (χ1) is 15.4. The molecule has 0 spiro atoms. The topological polar surface area (TPSA) is 86.6 Å². The van der Waals surface area contributed by atoms with Crippen LogP contribution in [0.1, 0.15) is 25.3 Å². The van der Waals surface area contributed by atoms with Crippen molar-refractivity contribution in [1.29, 1.82) is 0 Å². The van der Waals surface area contributed by atoms with E-state index in [2.05, 4.69) is 22.0 Å². The Labute approximate surface area is 189 Å². The van der Waals surface area contributed by atoms with Gasteiger partial charge in [0.25, 0.3) is 0 Å². The van der Waals surface area contributed by atoms with Gasteiger partial charge in [-0.05, 0) is 61.7 Å². The Morgan fingerprint density at radius 2 is 1.91 bits per heavy atom. The fraction of sp³-hybridized carbons (Fsp3) is 0.375. The Morgan fingerprint density at radius 1 is 1.12 bits per heavy atom. The summed E-state index contributed by atoms with van der Waals surface area (Å²) >= 11 is 0. The first-order valence-electron chi connectivity index (χ1n) is 10.7. The summed E-state index contributed by atoms with van der Waals surface area (Å²) in [5.74, 6) is 0.321. The minimum atomic E-state index is -3.53. The zero-order chi connectivity index (χ0) is 23.0. The normalized spacial score (nSPS) is 12.6. The smallest absolute Gasteiger partial charge is 0.306 e. The highest BCUT2D eigenvalue weighted by Gasteiger charge is 2.09. The van der Waals surface area contributed by atoms with E-state index in [1.54, 1.807) is 12.1 Å². The van der Waals surface area contributed by atoms with Crippen LogP contribution in [0.3, 0.4) is 0 Å². The van der Waals surface area contributed by atoms with Crippen molar-refractivity contribution in [1.82, 2.24) is 4.57 Å². The molecule has 2 aromatic carbocycles. The number of carbonyl (C=O) groups is 1. The zero-order valence-corrected chi connectivity index (χ0v) is 19.3. The summed E-state index contributed by atoms with van der Waals surface area (Å²) in [6, 6.07) is 15.5. The van der Waals surface area contributed by atoms with Gasteiger partial charge in [-0.15, -0.1) is 0 Å². The molecule has 0 radical (unpaired) electrons. The highest BCUT2D eigenvalue weighted by molar-refractivity contribution is 7.86. The average molecular weight is 459 g/mol. The molecule has 1 atom stereocenters. The summed E-state index contributed by atoms with van der Waals surface area (Å²) in [6.45, 7) is 4.19. The fourth-order valence-corrected chi connectivity index (χ4v) is 4.11. The van der Waals surface area contributed by atoms with Gasteiger partial charge < -0.3 is 23.6 Å². The monoisotopic (exact) mass is 458 g/mol. The number of aldehydes is 1. The molecule has 1 N–H and O–H groups in total. The van der Waals surface area contributed by atoms with Gasteiger partial charge in [0.1, 0.15) is 12.0 Å². The molecule has 1 heterocycles. The lowest BCUT2D eigenvalue weighted by Gasteiger charge is -2.15. The summed E-state index contributed by atoms with van der Waals surface area (Å²) < 4.78 is 35.3. The number of anilines is 1. The number of nitrogens with one attached hydrogen (secondary N) is 1. The molecule has 0 aliphatic carbocycles. The number of hydrogen-bond acceptors (Lipinski definition) is 6. The van der Waals surface area contributed by atoms with E-state index >= 15 is 0 Å². The molecule has 32 heavy (non-hydrogen) atoms. The SMILES string of the molecule is CCOC(CC=O)Cc1ccc(NCCCn2ccc3cc(OS(C)(=O)=O)ccc32)cc1. The number of aromatic nitrogens is 1. The molecule has 0 fully saturated rings. The maximum absolute atomic E-state index is 11.3. The van der Waals surface area contributed by atoms with Crippen LogP contribution < -0.4 is 9.50 Å². The fourth-order valence-electron chi connectivity index (χ4n) is 3.66. The van der Waals surface area contributed by atoms with E-state index < -0.39 is 10.1 Å². The summed E-state index contributed by atoms with van der Waals surface area (Å²) in [4.78, 5) is 10.8. The Hall–Kier alpha value is -2.84. The van der Waals surface area contributed by atoms with Crippen molar-refractivity contribution in [3.8, 4) is 5.75 Å². The lowest BCUT2D eigenvalue weighted by molar-refractivity contribution is -0.110. The Morgan fingerprint density at radius 3 is 2.59 bits per heavy atom. The Kier molecular flexibility index (Phi) is 8.30. The number of ether oxygens (including phenoxy) is 1. The Bertz CT molecular complexity index is 1120. The van der Waals surface area contributed by atoms with Gasteiger partial charge >= 0.3 is 10.1 Å². The average Bonchev–Trinajstić information content (AvgIpc) is 3.14. The van der Waals surface area contributed by atoms with Crippen molar-refractivity contribution >= 4 is 33.0 Å². The number of benzene rings is 2. The quantitative estimate of drug-likeness (QED) is 0.237. The molecule has 1 unspecified atom stereocenters. The molecule has 0 saturated heterocycles. The molecule has 0 bridgehead atoms. The van der Waals surface area contributed by atoms with Crippen molar-refractivity contribution in [2.75, 3.05) is 24.7 Å². The number of rotatable bonds is 13. The number of hydrogen-bond donors (Lipinski definition) is 1. The molecule has 7 nitrogen and oxygen atoms in total. The molecule has 3 aromatic rings. The minimum Gasteiger partial charge on any atom is -0.385 e. The van der Waals surface area contributed by atoms with Crippen LogP contribution in [0.15, 0.2) is 54.7 Å². The second-order valence-corrected chi connectivity index (χ2v) is 9.25. The van der Waals surface area contributed by atoms with E-state index in [0.717, 1.165) is 60.6 Å². The molecule has 0 saturated carbocycles. The third kappa shape index (κ3) is 7.10. The van der Waals surface area contributed by atoms with Gasteiger partial charge in [0.15, 0.2) is 0 Å². The predicted molar refractivity (Wildman–Crippen MR) is 127 cm³/mol. The van der Waals surface area contributed by atoms with E-state index in [1.807, 2.05) is 37.4 Å². The molecule has 0 amide bonds. The highest BCUT2D eigenvalue weighted by atomic mass is 32.2. The van der Waals surface area contributed by atoms with Gasteiger partial charge in [-0.1, -0.05) is 12.1 Å². The molecule has 1 aromatic heterocycles. The van der Waals surface area contributed by atoms with Crippen LogP contribution in [0.5, 0.6) is 5.75 Å². The van der Waals surface area contributed by atoms with Crippen LogP contribution in [0.2, 0.25) is 0 Å². The second kappa shape index (κ2) is 11.2. The van der Waals surface area contributed by atoms with Crippen molar-refractivity contribution in [3.05, 3.63) is 60.3 Å². The molecular formula is C24H30N2O5S. The van der Waals surface area contributed by atoms with Crippen LogP contribution in [0.4, 0.5) is 5.69 Å². The maximum Gasteiger partial charge on any atom is 0.306 e. The molecule has 172 valence electrons. The lowest BCUT2D eigenvalue weighted by Crippen LogP contribution is -2.16. The highest BCUT2D eigenvalue weighted by Crippen LogP contribution is 2.23. The lowest BCUT2D eigenvalue weighted by atomic mass is 10.1. The van der Waals surface area contributed by atoms with Gasteiger partial charge in [0.05, 0.1) is 12.4 Å². The maximum atomic E-state index is 11.3. The van der Waals surface area contributed by atoms with Crippen LogP contribution in [-0.4, -0.2) is 44.8 Å². The van der Waals surface area contributed by atoms with Gasteiger partial charge in [0.2, 0.25) is 0 Å². The number of fused-ring (bicyclic) bond motifs is 1. The summed E-state index contributed by atoms with van der Waals surface area (Å²) in [7, 11) is -3.53. The van der Waals surface area contributed by atoms with Crippen molar-refractivity contribution < 1.29 is 22.1 Å². The van der Waals surface area contributed by atoms with Gasteiger partial charge in [-0.3, -0.25) is 0 Å². The van der Waals surface area contributed by atoms with Gasteiger partial charge in [-0.25, -0.2) is 0 Å². The molecule has 0 aliphatic heterocycles. The van der Waals surface area contributed by atoms with Crippen molar-refractivity contribution in [3.63, 3.8) is 0 Å². The van der Waals surface area contributed by atoms with Crippen LogP contribution in [0, 0.1) is 0 Å².